The van der Waals surface area contributed by atoms with Crippen LogP contribution >= 0.6 is 0 Å². The first-order valence-corrected chi connectivity index (χ1v) is 8.70. The smallest absolute Gasteiger partial charge is 0.255 e. The molecule has 0 unspecified atom stereocenters. The molecule has 0 saturated heterocycles. The van der Waals surface area contributed by atoms with Gasteiger partial charge < -0.3 is 10.2 Å². The maximum atomic E-state index is 12.2. The molecule has 0 fully saturated rings. The highest BCUT2D eigenvalue weighted by atomic mass is 16.1. The van der Waals surface area contributed by atoms with Crippen LogP contribution in [0.5, 0.6) is 0 Å². The van der Waals surface area contributed by atoms with Gasteiger partial charge in [0.15, 0.2) is 0 Å². The molecule has 2 aromatic heterocycles. The zero-order valence-electron chi connectivity index (χ0n) is 14.9. The van der Waals surface area contributed by atoms with Gasteiger partial charge in [-0.25, -0.2) is 9.97 Å². The molecule has 0 amide bonds. The molecule has 0 aliphatic heterocycles. The van der Waals surface area contributed by atoms with Crippen LogP contribution in [0.1, 0.15) is 17.5 Å². The maximum Gasteiger partial charge on any atom is 0.255 e. The zero-order chi connectivity index (χ0) is 18.2. The van der Waals surface area contributed by atoms with Crippen molar-refractivity contribution in [3.63, 3.8) is 0 Å². The van der Waals surface area contributed by atoms with E-state index in [0.29, 0.717) is 17.9 Å². The third kappa shape index (κ3) is 4.92. The highest BCUT2D eigenvalue weighted by Gasteiger charge is 2.05. The Morgan fingerprint density at radius 3 is 2.62 bits per heavy atom. The zero-order valence-corrected chi connectivity index (χ0v) is 14.9. The monoisotopic (exact) mass is 349 g/mol. The lowest BCUT2D eigenvalue weighted by molar-refractivity contribution is 0.799. The van der Waals surface area contributed by atoms with E-state index in [2.05, 4.69) is 25.2 Å². The highest BCUT2D eigenvalue weighted by Crippen LogP contribution is 2.07. The number of nitrogens with zero attached hydrogens (tertiary/aromatic N) is 3. The third-order valence-corrected chi connectivity index (χ3v) is 4.11. The second kappa shape index (κ2) is 8.80. The number of aromatic nitrogens is 3. The van der Waals surface area contributed by atoms with Crippen LogP contribution in [-0.2, 0) is 6.42 Å². The lowest BCUT2D eigenvalue weighted by Crippen LogP contribution is -2.23. The first-order valence-electron chi connectivity index (χ1n) is 8.70. The number of pyridine rings is 1. The van der Waals surface area contributed by atoms with Crippen molar-refractivity contribution in [3.8, 4) is 0 Å². The molecule has 0 aliphatic carbocycles. The predicted molar refractivity (Wildman–Crippen MR) is 105 cm³/mol. The minimum atomic E-state index is -0.100. The van der Waals surface area contributed by atoms with Crippen molar-refractivity contribution in [1.82, 2.24) is 15.0 Å². The standard InChI is InChI=1S/C20H23N5O/c1-25(18-10-5-6-11-21-18)13-7-12-22-20-23-15-17(19(26)24-20)14-16-8-3-2-4-9-16/h2-6,8-11,15H,7,12-14H2,1H3,(H2,22,23,24,26). The van der Waals surface area contributed by atoms with Gasteiger partial charge in [0, 0.05) is 44.5 Å². The van der Waals surface area contributed by atoms with E-state index in [-0.39, 0.29) is 5.56 Å². The topological polar surface area (TPSA) is 73.9 Å². The van der Waals surface area contributed by atoms with Gasteiger partial charge in [0.05, 0.1) is 0 Å². The number of nitrogens with one attached hydrogen (secondary N) is 2. The Bertz CT molecular complexity index is 864. The van der Waals surface area contributed by atoms with Crippen molar-refractivity contribution >= 4 is 11.8 Å². The first-order chi connectivity index (χ1) is 12.7. The van der Waals surface area contributed by atoms with Gasteiger partial charge in [-0.3, -0.25) is 9.78 Å². The van der Waals surface area contributed by atoms with Crippen molar-refractivity contribution < 1.29 is 0 Å². The molecule has 3 rings (SSSR count). The number of H-pyrrole nitrogens is 1. The summed E-state index contributed by atoms with van der Waals surface area (Å²) in [5.74, 6) is 1.46. The Kier molecular flexibility index (Phi) is 5.98. The molecule has 6 heteroatoms. The Labute approximate surface area is 153 Å². The second-order valence-electron chi connectivity index (χ2n) is 6.14. The summed E-state index contributed by atoms with van der Waals surface area (Å²) in [6.45, 7) is 1.58. The Hall–Kier alpha value is -3.15. The summed E-state index contributed by atoms with van der Waals surface area (Å²) in [5.41, 5.74) is 1.66. The van der Waals surface area contributed by atoms with E-state index in [0.717, 1.165) is 30.9 Å². The molecular weight excluding hydrogens is 326 g/mol. The van der Waals surface area contributed by atoms with E-state index in [1.165, 1.54) is 0 Å². The van der Waals surface area contributed by atoms with Crippen LogP contribution in [0.25, 0.3) is 0 Å². The molecule has 134 valence electrons. The lowest BCUT2D eigenvalue weighted by atomic mass is 10.1. The minimum Gasteiger partial charge on any atom is -0.360 e. The third-order valence-electron chi connectivity index (χ3n) is 4.11. The summed E-state index contributed by atoms with van der Waals surface area (Å²) in [7, 11) is 2.01. The van der Waals surface area contributed by atoms with Crippen LogP contribution in [0.3, 0.4) is 0 Å². The fourth-order valence-electron chi connectivity index (χ4n) is 2.67. The summed E-state index contributed by atoms with van der Waals surface area (Å²) in [6, 6.07) is 15.8. The van der Waals surface area contributed by atoms with Crippen LogP contribution in [-0.4, -0.2) is 35.1 Å². The molecule has 2 N–H and O–H groups in total. The fraction of sp³-hybridized carbons (Fsp3) is 0.250. The number of hydrogen-bond donors (Lipinski definition) is 2. The molecular formula is C20H23N5O. The van der Waals surface area contributed by atoms with Crippen LogP contribution in [0.2, 0.25) is 0 Å². The fourth-order valence-corrected chi connectivity index (χ4v) is 2.67. The lowest BCUT2D eigenvalue weighted by Gasteiger charge is -2.17. The number of anilines is 2. The van der Waals surface area contributed by atoms with Gasteiger partial charge in [0.2, 0.25) is 5.95 Å². The largest absolute Gasteiger partial charge is 0.360 e. The molecule has 6 nitrogen and oxygen atoms in total. The van der Waals surface area contributed by atoms with Crippen molar-refractivity contribution in [3.05, 3.63) is 82.4 Å². The Morgan fingerprint density at radius 2 is 1.88 bits per heavy atom. The number of hydrogen-bond acceptors (Lipinski definition) is 5. The molecule has 0 spiro atoms. The molecule has 1 aromatic carbocycles. The van der Waals surface area contributed by atoms with E-state index in [4.69, 9.17) is 0 Å². The number of benzene rings is 1. The summed E-state index contributed by atoms with van der Waals surface area (Å²) in [6.07, 6.45) is 4.92. The van der Waals surface area contributed by atoms with E-state index < -0.39 is 0 Å². The van der Waals surface area contributed by atoms with Crippen molar-refractivity contribution in [2.24, 2.45) is 0 Å². The molecule has 0 atom stereocenters. The molecule has 3 aromatic rings. The molecule has 0 bridgehead atoms. The molecule has 26 heavy (non-hydrogen) atoms. The maximum absolute atomic E-state index is 12.2. The van der Waals surface area contributed by atoms with Gasteiger partial charge in [-0.05, 0) is 24.1 Å². The van der Waals surface area contributed by atoms with E-state index >= 15 is 0 Å². The average Bonchev–Trinajstić information content (AvgIpc) is 2.68. The quantitative estimate of drug-likeness (QED) is 0.612. The van der Waals surface area contributed by atoms with Crippen molar-refractivity contribution in [2.45, 2.75) is 12.8 Å². The predicted octanol–water partition coefficient (Wildman–Crippen LogP) is 2.69. The SMILES string of the molecule is CN(CCCNc1ncc(Cc2ccccc2)c(=O)[nH]1)c1ccccn1. The van der Waals surface area contributed by atoms with Crippen LogP contribution in [0.4, 0.5) is 11.8 Å². The van der Waals surface area contributed by atoms with Gasteiger partial charge >= 0.3 is 0 Å². The van der Waals surface area contributed by atoms with Crippen LogP contribution < -0.4 is 15.8 Å². The van der Waals surface area contributed by atoms with Gasteiger partial charge in [-0.15, -0.1) is 0 Å². The van der Waals surface area contributed by atoms with Gasteiger partial charge in [0.1, 0.15) is 5.82 Å². The van der Waals surface area contributed by atoms with E-state index in [1.54, 1.807) is 12.4 Å². The normalized spacial score (nSPS) is 10.5. The van der Waals surface area contributed by atoms with E-state index in [9.17, 15) is 4.79 Å². The van der Waals surface area contributed by atoms with Gasteiger partial charge in [0.25, 0.3) is 5.56 Å². The molecule has 0 radical (unpaired) electrons. The molecule has 0 saturated carbocycles. The van der Waals surface area contributed by atoms with Crippen molar-refractivity contribution in [2.75, 3.05) is 30.4 Å². The van der Waals surface area contributed by atoms with E-state index in [1.807, 2.05) is 55.6 Å². The summed E-state index contributed by atoms with van der Waals surface area (Å²) in [4.78, 5) is 25.8. The summed E-state index contributed by atoms with van der Waals surface area (Å²) in [5, 5.41) is 3.17. The Balaban J connectivity index is 1.48. The van der Waals surface area contributed by atoms with Crippen LogP contribution in [0.15, 0.2) is 65.7 Å². The summed E-state index contributed by atoms with van der Waals surface area (Å²) >= 11 is 0. The minimum absolute atomic E-state index is 0.100. The first kappa shape index (κ1) is 17.7. The molecule has 2 heterocycles. The number of aromatic amines is 1. The van der Waals surface area contributed by atoms with Gasteiger partial charge in [-0.2, -0.15) is 0 Å². The van der Waals surface area contributed by atoms with Gasteiger partial charge in [-0.1, -0.05) is 36.4 Å². The average molecular weight is 349 g/mol. The highest BCUT2D eigenvalue weighted by molar-refractivity contribution is 5.36. The molecule has 0 aliphatic rings. The second-order valence-corrected chi connectivity index (χ2v) is 6.14. The number of rotatable bonds is 8. The van der Waals surface area contributed by atoms with Crippen molar-refractivity contribution in [1.29, 1.82) is 0 Å². The van der Waals surface area contributed by atoms with Crippen LogP contribution in [0, 0.1) is 0 Å². The summed E-state index contributed by atoms with van der Waals surface area (Å²) < 4.78 is 0. The Morgan fingerprint density at radius 1 is 1.08 bits per heavy atom.